The molecule has 2 heterocycles. The summed E-state index contributed by atoms with van der Waals surface area (Å²) in [5.41, 5.74) is 8.65. The van der Waals surface area contributed by atoms with Crippen molar-refractivity contribution >= 4 is 5.70 Å². The first-order chi connectivity index (χ1) is 16.1. The maximum atomic E-state index is 14.5. The van der Waals surface area contributed by atoms with Gasteiger partial charge >= 0.3 is 0 Å². The van der Waals surface area contributed by atoms with Crippen LogP contribution in [0.2, 0.25) is 0 Å². The van der Waals surface area contributed by atoms with Crippen LogP contribution in [0.5, 0.6) is 0 Å². The molecule has 4 rings (SSSR count). The number of nitrogens with two attached hydrogens (primary N) is 2. The van der Waals surface area contributed by atoms with E-state index < -0.39 is 5.83 Å². The van der Waals surface area contributed by atoms with Gasteiger partial charge in [-0.2, -0.15) is 10.1 Å². The summed E-state index contributed by atoms with van der Waals surface area (Å²) >= 11 is 0. The maximum Gasteiger partial charge on any atom is 0.276 e. The van der Waals surface area contributed by atoms with E-state index in [1.807, 2.05) is 41.2 Å². The Labute approximate surface area is 190 Å². The third kappa shape index (κ3) is 5.08. The van der Waals surface area contributed by atoms with Gasteiger partial charge in [0.05, 0.1) is 24.5 Å². The van der Waals surface area contributed by atoms with Gasteiger partial charge in [-0.3, -0.25) is 9.69 Å². The van der Waals surface area contributed by atoms with E-state index >= 15 is 0 Å². The minimum absolute atomic E-state index is 0.0104. The molecule has 2 aromatic heterocycles. The number of methoxy groups -OCH3 is 1. The average molecular weight is 449 g/mol. The summed E-state index contributed by atoms with van der Waals surface area (Å²) in [6.07, 6.45) is 10.7. The Bertz CT molecular complexity index is 1210. The van der Waals surface area contributed by atoms with Gasteiger partial charge in [0.1, 0.15) is 11.5 Å². The first-order valence-corrected chi connectivity index (χ1v) is 10.2. The number of ether oxygens (including phenoxy) is 1. The van der Waals surface area contributed by atoms with Gasteiger partial charge in [0, 0.05) is 25.1 Å². The summed E-state index contributed by atoms with van der Waals surface area (Å²) in [5, 5.41) is 9.36. The fourth-order valence-corrected chi connectivity index (χ4v) is 3.26. The minimum atomic E-state index is -0.492. The van der Waals surface area contributed by atoms with Gasteiger partial charge in [-0.05, 0) is 30.2 Å². The van der Waals surface area contributed by atoms with E-state index in [-0.39, 0.29) is 29.6 Å². The smallest absolute Gasteiger partial charge is 0.276 e. The second-order valence-electron chi connectivity index (χ2n) is 7.26. The molecule has 3 aromatic rings. The van der Waals surface area contributed by atoms with Crippen LogP contribution in [0, 0.1) is 0 Å². The van der Waals surface area contributed by atoms with Crippen LogP contribution in [-0.4, -0.2) is 38.6 Å². The molecule has 4 N–H and O–H groups in total. The molecule has 0 saturated carbocycles. The van der Waals surface area contributed by atoms with E-state index in [2.05, 4.69) is 15.2 Å². The van der Waals surface area contributed by atoms with Crippen LogP contribution in [0.3, 0.4) is 0 Å². The number of benzene rings is 1. The lowest BCUT2D eigenvalue weighted by atomic mass is 10.1. The highest BCUT2D eigenvalue weighted by Crippen LogP contribution is 2.24. The van der Waals surface area contributed by atoms with Crippen molar-refractivity contribution in [2.75, 3.05) is 13.7 Å². The molecule has 9 nitrogen and oxygen atoms in total. The summed E-state index contributed by atoms with van der Waals surface area (Å²) in [4.78, 5) is 4.40. The zero-order valence-electron chi connectivity index (χ0n) is 18.1. The van der Waals surface area contributed by atoms with E-state index in [1.54, 1.807) is 24.4 Å². The molecule has 1 aromatic carbocycles. The van der Waals surface area contributed by atoms with Crippen molar-refractivity contribution in [3.8, 4) is 11.4 Å². The predicted octanol–water partition coefficient (Wildman–Crippen LogP) is 3.13. The third-order valence-electron chi connectivity index (χ3n) is 4.97. The van der Waals surface area contributed by atoms with Gasteiger partial charge in [0.2, 0.25) is 5.82 Å². The third-order valence-corrected chi connectivity index (χ3v) is 4.97. The fourth-order valence-electron chi connectivity index (χ4n) is 3.26. The standard InChI is InChI=1S/C23H24FN7O2/c1-32-15-20(31(26)19-7-4-2-3-6-18(19)24)21(25)23-28-22(29-33-23)17-10-8-16(9-11-17)14-30-13-5-12-27-30/h3-13H,2,14-15,25-26H2,1H3/b21-20-. The Morgan fingerprint density at radius 1 is 1.24 bits per heavy atom. The number of nitrogens with zero attached hydrogens (tertiary/aromatic N) is 5. The van der Waals surface area contributed by atoms with Crippen molar-refractivity contribution in [2.24, 2.45) is 11.6 Å². The predicted molar refractivity (Wildman–Crippen MR) is 121 cm³/mol. The van der Waals surface area contributed by atoms with E-state index in [0.717, 1.165) is 16.1 Å². The Morgan fingerprint density at radius 3 is 2.76 bits per heavy atom. The molecule has 0 fully saturated rings. The molecule has 0 spiro atoms. The SMILES string of the molecule is COC/C(=C(/N)c1nc(-c2ccc(Cn3cccn3)cc2)no1)N(N)C1=C(F)C=CCC=C1. The van der Waals surface area contributed by atoms with Gasteiger partial charge in [-0.15, -0.1) is 0 Å². The van der Waals surface area contributed by atoms with E-state index in [1.165, 1.54) is 13.2 Å². The van der Waals surface area contributed by atoms with Gasteiger partial charge in [-0.1, -0.05) is 41.6 Å². The number of halogens is 1. The fraction of sp³-hybridized carbons (Fsp3) is 0.174. The number of aromatic nitrogens is 4. The largest absolute Gasteiger partial charge is 0.393 e. The Balaban J connectivity index is 1.59. The van der Waals surface area contributed by atoms with Gasteiger partial charge in [0.15, 0.2) is 0 Å². The lowest BCUT2D eigenvalue weighted by Gasteiger charge is -2.23. The molecule has 10 heteroatoms. The number of hydrogen-bond donors (Lipinski definition) is 2. The van der Waals surface area contributed by atoms with Crippen molar-refractivity contribution < 1.29 is 13.7 Å². The average Bonchev–Trinajstić information content (AvgIpc) is 3.47. The summed E-state index contributed by atoms with van der Waals surface area (Å²) in [6.45, 7) is 0.666. The number of hydrazine groups is 1. The first kappa shape index (κ1) is 22.2. The van der Waals surface area contributed by atoms with Crippen molar-refractivity contribution in [3.63, 3.8) is 0 Å². The van der Waals surface area contributed by atoms with Crippen molar-refractivity contribution in [1.82, 2.24) is 24.9 Å². The normalized spacial score (nSPS) is 14.4. The van der Waals surface area contributed by atoms with Gasteiger partial charge in [-0.25, -0.2) is 10.2 Å². The molecule has 1 aliphatic carbocycles. The van der Waals surface area contributed by atoms with Crippen LogP contribution in [0.1, 0.15) is 17.9 Å². The Morgan fingerprint density at radius 2 is 2.03 bits per heavy atom. The topological polar surface area (TPSA) is 121 Å². The Hall–Kier alpha value is -4.02. The molecule has 0 bridgehead atoms. The molecule has 0 amide bonds. The molecule has 0 aliphatic heterocycles. The highest BCUT2D eigenvalue weighted by Gasteiger charge is 2.21. The maximum absolute atomic E-state index is 14.5. The second-order valence-corrected chi connectivity index (χ2v) is 7.26. The quantitative estimate of drug-likeness (QED) is 0.397. The van der Waals surface area contributed by atoms with Crippen molar-refractivity contribution in [3.05, 3.63) is 95.7 Å². The summed E-state index contributed by atoms with van der Waals surface area (Å²) in [5.74, 6) is 6.13. The molecular weight excluding hydrogens is 425 g/mol. The van der Waals surface area contributed by atoms with Gasteiger partial charge < -0.3 is 15.0 Å². The van der Waals surface area contributed by atoms with Crippen LogP contribution in [-0.2, 0) is 11.3 Å². The van der Waals surface area contributed by atoms with Crippen molar-refractivity contribution in [2.45, 2.75) is 13.0 Å². The molecule has 0 radical (unpaired) electrons. The molecule has 0 unspecified atom stereocenters. The molecule has 0 atom stereocenters. The molecular formula is C23H24FN7O2. The highest BCUT2D eigenvalue weighted by molar-refractivity contribution is 5.63. The highest BCUT2D eigenvalue weighted by atomic mass is 19.1. The first-order valence-electron chi connectivity index (χ1n) is 10.2. The van der Waals surface area contributed by atoms with E-state index in [0.29, 0.717) is 18.8 Å². The number of hydrogen-bond acceptors (Lipinski definition) is 8. The zero-order chi connectivity index (χ0) is 23.2. The van der Waals surface area contributed by atoms with Crippen LogP contribution >= 0.6 is 0 Å². The zero-order valence-corrected chi connectivity index (χ0v) is 18.1. The molecule has 33 heavy (non-hydrogen) atoms. The van der Waals surface area contributed by atoms with Crippen molar-refractivity contribution in [1.29, 1.82) is 0 Å². The van der Waals surface area contributed by atoms with Crippen LogP contribution in [0.15, 0.2) is 88.8 Å². The summed E-state index contributed by atoms with van der Waals surface area (Å²) in [7, 11) is 1.48. The van der Waals surface area contributed by atoms with Crippen LogP contribution in [0.4, 0.5) is 4.39 Å². The lowest BCUT2D eigenvalue weighted by molar-refractivity contribution is 0.200. The van der Waals surface area contributed by atoms with Crippen LogP contribution in [0.25, 0.3) is 17.1 Å². The Kier molecular flexibility index (Phi) is 6.77. The minimum Gasteiger partial charge on any atom is -0.393 e. The number of allylic oxidation sites excluding steroid dienone is 5. The van der Waals surface area contributed by atoms with E-state index in [9.17, 15) is 4.39 Å². The summed E-state index contributed by atoms with van der Waals surface area (Å²) in [6, 6.07) is 9.58. The molecule has 0 saturated heterocycles. The monoisotopic (exact) mass is 449 g/mol. The lowest BCUT2D eigenvalue weighted by Crippen LogP contribution is -2.33. The molecule has 170 valence electrons. The summed E-state index contributed by atoms with van der Waals surface area (Å²) < 4.78 is 26.9. The molecule has 1 aliphatic rings. The number of rotatable bonds is 8. The van der Waals surface area contributed by atoms with Gasteiger partial charge in [0.25, 0.3) is 5.89 Å². The second kappa shape index (κ2) is 10.1. The van der Waals surface area contributed by atoms with E-state index in [4.69, 9.17) is 20.8 Å². The van der Waals surface area contributed by atoms with Crippen LogP contribution < -0.4 is 11.6 Å².